The number of likely N-dealkylation sites (tertiary alicyclic amines) is 1. The average molecular weight is 331 g/mol. The molecule has 1 saturated heterocycles. The molecule has 1 aromatic rings. The van der Waals surface area contributed by atoms with E-state index in [0.29, 0.717) is 6.61 Å². The maximum atomic E-state index is 11.7. The van der Waals surface area contributed by atoms with E-state index in [4.69, 9.17) is 9.47 Å². The molecule has 0 spiro atoms. The van der Waals surface area contributed by atoms with Crippen LogP contribution in [-0.2, 0) is 22.4 Å². The Balaban J connectivity index is 1.32. The summed E-state index contributed by atoms with van der Waals surface area (Å²) in [7, 11) is 0. The van der Waals surface area contributed by atoms with E-state index in [2.05, 4.69) is 23.1 Å². The van der Waals surface area contributed by atoms with Gasteiger partial charge in [0.25, 0.3) is 0 Å². The summed E-state index contributed by atoms with van der Waals surface area (Å²) in [6.45, 7) is 6.13. The van der Waals surface area contributed by atoms with Crippen LogP contribution in [0.15, 0.2) is 18.2 Å². The van der Waals surface area contributed by atoms with Crippen LogP contribution in [0.1, 0.15) is 43.7 Å². The predicted molar refractivity (Wildman–Crippen MR) is 94.4 cm³/mol. The second-order valence-corrected chi connectivity index (χ2v) is 6.85. The average Bonchev–Trinajstić information content (AvgIpc) is 3.07. The zero-order chi connectivity index (χ0) is 16.8. The number of hydrogen-bond acceptors (Lipinski definition) is 4. The summed E-state index contributed by atoms with van der Waals surface area (Å²) in [6, 6.07) is 6.54. The lowest BCUT2D eigenvalue weighted by molar-refractivity contribution is -0.149. The molecule has 0 bridgehead atoms. The van der Waals surface area contributed by atoms with E-state index in [9.17, 15) is 4.79 Å². The van der Waals surface area contributed by atoms with Crippen molar-refractivity contribution in [1.29, 1.82) is 0 Å². The summed E-state index contributed by atoms with van der Waals surface area (Å²) < 4.78 is 11.0. The summed E-state index contributed by atoms with van der Waals surface area (Å²) in [4.78, 5) is 14.2. The summed E-state index contributed by atoms with van der Waals surface area (Å²) in [5.41, 5.74) is 2.96. The second kappa shape index (κ2) is 8.52. The van der Waals surface area contributed by atoms with Crippen molar-refractivity contribution in [2.24, 2.45) is 5.92 Å². The van der Waals surface area contributed by atoms with E-state index in [1.165, 1.54) is 30.4 Å². The number of nitrogens with zero attached hydrogens (tertiary/aromatic N) is 1. The van der Waals surface area contributed by atoms with Crippen LogP contribution >= 0.6 is 0 Å². The maximum Gasteiger partial charge on any atom is 0.309 e. The van der Waals surface area contributed by atoms with Gasteiger partial charge in [-0.3, -0.25) is 4.79 Å². The van der Waals surface area contributed by atoms with Gasteiger partial charge in [0.05, 0.1) is 19.1 Å². The third-order valence-electron chi connectivity index (χ3n) is 5.16. The van der Waals surface area contributed by atoms with Crippen LogP contribution in [0, 0.1) is 5.92 Å². The van der Waals surface area contributed by atoms with Gasteiger partial charge < -0.3 is 14.4 Å². The van der Waals surface area contributed by atoms with Crippen LogP contribution in [0.3, 0.4) is 0 Å². The van der Waals surface area contributed by atoms with Gasteiger partial charge in [-0.2, -0.15) is 0 Å². The fourth-order valence-electron chi connectivity index (χ4n) is 3.77. The van der Waals surface area contributed by atoms with E-state index in [1.54, 1.807) is 0 Å². The number of fused-ring (bicyclic) bond motifs is 1. The number of ether oxygens (including phenoxy) is 2. The van der Waals surface area contributed by atoms with Crippen molar-refractivity contribution in [3.8, 4) is 5.75 Å². The van der Waals surface area contributed by atoms with Gasteiger partial charge in [-0.05, 0) is 81.8 Å². The Morgan fingerprint density at radius 1 is 1.21 bits per heavy atom. The highest BCUT2D eigenvalue weighted by Gasteiger charge is 2.25. The van der Waals surface area contributed by atoms with Crippen molar-refractivity contribution < 1.29 is 14.3 Å². The fourth-order valence-corrected chi connectivity index (χ4v) is 3.77. The van der Waals surface area contributed by atoms with Crippen molar-refractivity contribution in [1.82, 2.24) is 4.90 Å². The lowest BCUT2D eigenvalue weighted by Crippen LogP contribution is -2.37. The number of esters is 1. The first-order valence-corrected chi connectivity index (χ1v) is 9.40. The highest BCUT2D eigenvalue weighted by Crippen LogP contribution is 2.26. The molecule has 2 aliphatic rings. The molecule has 1 aliphatic heterocycles. The molecule has 4 nitrogen and oxygen atoms in total. The van der Waals surface area contributed by atoms with Gasteiger partial charge in [-0.1, -0.05) is 6.07 Å². The van der Waals surface area contributed by atoms with E-state index >= 15 is 0 Å². The molecule has 1 aromatic carbocycles. The Labute approximate surface area is 145 Å². The van der Waals surface area contributed by atoms with Crippen molar-refractivity contribution in [3.05, 3.63) is 29.3 Å². The highest BCUT2D eigenvalue weighted by molar-refractivity contribution is 5.72. The zero-order valence-electron chi connectivity index (χ0n) is 14.8. The van der Waals surface area contributed by atoms with Gasteiger partial charge >= 0.3 is 5.97 Å². The van der Waals surface area contributed by atoms with Crippen molar-refractivity contribution >= 4 is 5.97 Å². The van der Waals surface area contributed by atoms with Crippen LogP contribution in [0.4, 0.5) is 0 Å². The summed E-state index contributed by atoms with van der Waals surface area (Å²) in [6.07, 6.45) is 6.57. The molecule has 1 heterocycles. The first kappa shape index (κ1) is 17.3. The molecule has 132 valence electrons. The topological polar surface area (TPSA) is 38.8 Å². The number of benzene rings is 1. The predicted octanol–water partition coefficient (Wildman–Crippen LogP) is 3.22. The van der Waals surface area contributed by atoms with Gasteiger partial charge in [-0.25, -0.2) is 0 Å². The van der Waals surface area contributed by atoms with E-state index in [0.717, 1.165) is 51.3 Å². The first-order valence-electron chi connectivity index (χ1n) is 9.40. The molecule has 0 aromatic heterocycles. The number of rotatable bonds is 7. The Morgan fingerprint density at radius 3 is 2.79 bits per heavy atom. The smallest absolute Gasteiger partial charge is 0.309 e. The van der Waals surface area contributed by atoms with Crippen molar-refractivity contribution in [2.75, 3.05) is 32.8 Å². The van der Waals surface area contributed by atoms with Gasteiger partial charge in [0.1, 0.15) is 5.75 Å². The summed E-state index contributed by atoms with van der Waals surface area (Å²) in [5, 5.41) is 0. The minimum Gasteiger partial charge on any atom is -0.494 e. The number of carbonyl (C=O) groups excluding carboxylic acids is 1. The molecule has 0 atom stereocenters. The fraction of sp³-hybridized carbons (Fsp3) is 0.650. The van der Waals surface area contributed by atoms with E-state index < -0.39 is 0 Å². The number of piperidine rings is 1. The van der Waals surface area contributed by atoms with Crippen LogP contribution in [-0.4, -0.2) is 43.7 Å². The van der Waals surface area contributed by atoms with Crippen molar-refractivity contribution in [3.63, 3.8) is 0 Å². The molecular formula is C20H29NO3. The molecule has 1 fully saturated rings. The number of carbonyl (C=O) groups is 1. The molecule has 24 heavy (non-hydrogen) atoms. The quantitative estimate of drug-likeness (QED) is 0.568. The highest BCUT2D eigenvalue weighted by atomic mass is 16.5. The molecule has 4 heteroatoms. The molecule has 0 N–H and O–H groups in total. The molecule has 0 saturated carbocycles. The largest absolute Gasteiger partial charge is 0.494 e. The summed E-state index contributed by atoms with van der Waals surface area (Å²) >= 11 is 0. The SMILES string of the molecule is CCOC(=O)C1CCN(CCCOc2ccc3c(c2)CCC3)CC1. The second-order valence-electron chi connectivity index (χ2n) is 6.85. The van der Waals surface area contributed by atoms with Crippen molar-refractivity contribution in [2.45, 2.75) is 45.4 Å². The Morgan fingerprint density at radius 2 is 2.00 bits per heavy atom. The third-order valence-corrected chi connectivity index (χ3v) is 5.16. The Kier molecular flexibility index (Phi) is 6.13. The van der Waals surface area contributed by atoms with Gasteiger partial charge in [-0.15, -0.1) is 0 Å². The monoisotopic (exact) mass is 331 g/mol. The molecule has 1 aliphatic carbocycles. The molecule has 0 radical (unpaired) electrons. The molecule has 0 unspecified atom stereocenters. The molecule has 3 rings (SSSR count). The van der Waals surface area contributed by atoms with E-state index in [1.807, 2.05) is 6.92 Å². The van der Waals surface area contributed by atoms with Crippen LogP contribution in [0.25, 0.3) is 0 Å². The lowest BCUT2D eigenvalue weighted by Gasteiger charge is -2.30. The third kappa shape index (κ3) is 4.50. The Bertz CT molecular complexity index is 550. The normalized spacial score (nSPS) is 18.4. The minimum atomic E-state index is -0.0166. The number of hydrogen-bond donors (Lipinski definition) is 0. The lowest BCUT2D eigenvalue weighted by atomic mass is 9.97. The number of aryl methyl sites for hydroxylation is 2. The van der Waals surface area contributed by atoms with E-state index in [-0.39, 0.29) is 11.9 Å². The minimum absolute atomic E-state index is 0.0166. The zero-order valence-corrected chi connectivity index (χ0v) is 14.8. The van der Waals surface area contributed by atoms with Gasteiger partial charge in [0, 0.05) is 6.54 Å². The Hall–Kier alpha value is -1.55. The summed E-state index contributed by atoms with van der Waals surface area (Å²) in [5.74, 6) is 1.10. The molecular weight excluding hydrogens is 302 g/mol. The standard InChI is InChI=1S/C20H29NO3/c1-2-23-20(22)17-9-12-21(13-10-17)11-4-14-24-19-8-7-16-5-3-6-18(16)15-19/h7-8,15,17H,2-6,9-14H2,1H3. The van der Waals surface area contributed by atoms with Gasteiger partial charge in [0.2, 0.25) is 0 Å². The van der Waals surface area contributed by atoms with Crippen LogP contribution < -0.4 is 4.74 Å². The molecule has 0 amide bonds. The van der Waals surface area contributed by atoms with Gasteiger partial charge in [0.15, 0.2) is 0 Å². The first-order chi connectivity index (χ1) is 11.8. The maximum absolute atomic E-state index is 11.7. The van der Waals surface area contributed by atoms with Crippen LogP contribution in [0.2, 0.25) is 0 Å². The van der Waals surface area contributed by atoms with Crippen LogP contribution in [0.5, 0.6) is 5.75 Å².